The van der Waals surface area contributed by atoms with Crippen molar-refractivity contribution in [2.45, 2.75) is 6.92 Å². The second kappa shape index (κ2) is 5.24. The molecule has 3 nitrogen and oxygen atoms in total. The quantitative estimate of drug-likeness (QED) is 0.898. The number of hydrogen-bond donors (Lipinski definition) is 2. The number of halogens is 3. The maximum absolute atomic E-state index is 13.2. The summed E-state index contributed by atoms with van der Waals surface area (Å²) in [5.74, 6) is -4.26. The molecule has 0 heterocycles. The lowest BCUT2D eigenvalue weighted by Crippen LogP contribution is -2.05. The fourth-order valence-corrected chi connectivity index (χ4v) is 1.74. The number of aryl methyl sites for hydroxylation is 1. The van der Waals surface area contributed by atoms with E-state index in [2.05, 4.69) is 5.32 Å². The molecule has 2 rings (SSSR count). The number of rotatable bonds is 3. The molecule has 2 N–H and O–H groups in total. The molecule has 0 unspecified atom stereocenters. The molecule has 0 aliphatic heterocycles. The Kier molecular flexibility index (Phi) is 3.65. The fraction of sp³-hybridized carbons (Fsp3) is 0.0714. The van der Waals surface area contributed by atoms with Crippen LogP contribution in [0.1, 0.15) is 15.9 Å². The van der Waals surface area contributed by atoms with Gasteiger partial charge in [-0.2, -0.15) is 0 Å². The predicted octanol–water partition coefficient (Wildman–Crippen LogP) is 3.85. The fourth-order valence-electron chi connectivity index (χ4n) is 1.74. The number of carboxylic acid groups (broad SMARTS) is 1. The molecule has 0 aromatic heterocycles. The molecule has 2 aromatic rings. The second-order valence-corrected chi connectivity index (χ2v) is 4.20. The number of anilines is 2. The highest BCUT2D eigenvalue weighted by atomic mass is 19.2. The topological polar surface area (TPSA) is 49.3 Å². The lowest BCUT2D eigenvalue weighted by Gasteiger charge is -2.12. The Morgan fingerprint density at radius 1 is 1.05 bits per heavy atom. The molecule has 0 amide bonds. The minimum absolute atomic E-state index is 0.105. The average Bonchev–Trinajstić information content (AvgIpc) is 2.36. The summed E-state index contributed by atoms with van der Waals surface area (Å²) < 4.78 is 39.3. The third-order valence-corrected chi connectivity index (χ3v) is 2.75. The van der Waals surface area contributed by atoms with Gasteiger partial charge in [0.2, 0.25) is 0 Å². The van der Waals surface area contributed by atoms with Crippen molar-refractivity contribution in [1.29, 1.82) is 0 Å². The van der Waals surface area contributed by atoms with E-state index >= 15 is 0 Å². The monoisotopic (exact) mass is 281 g/mol. The van der Waals surface area contributed by atoms with Gasteiger partial charge in [0.05, 0.1) is 11.3 Å². The molecule has 0 saturated heterocycles. The number of benzene rings is 2. The Hall–Kier alpha value is -2.50. The zero-order valence-corrected chi connectivity index (χ0v) is 10.4. The van der Waals surface area contributed by atoms with Crippen LogP contribution in [0, 0.1) is 24.4 Å². The van der Waals surface area contributed by atoms with Crippen molar-refractivity contribution < 1.29 is 23.1 Å². The van der Waals surface area contributed by atoms with Crippen LogP contribution in [-0.2, 0) is 0 Å². The van der Waals surface area contributed by atoms with E-state index in [0.29, 0.717) is 17.3 Å². The molecule has 20 heavy (non-hydrogen) atoms. The Bertz CT molecular complexity index is 686. The molecular formula is C14H10F3NO2. The van der Waals surface area contributed by atoms with Gasteiger partial charge in [0.25, 0.3) is 0 Å². The van der Waals surface area contributed by atoms with E-state index in [1.54, 1.807) is 6.92 Å². The van der Waals surface area contributed by atoms with Gasteiger partial charge in [-0.05, 0) is 36.8 Å². The highest BCUT2D eigenvalue weighted by Crippen LogP contribution is 2.26. The van der Waals surface area contributed by atoms with Gasteiger partial charge in [0.1, 0.15) is 5.82 Å². The molecule has 0 saturated carbocycles. The molecule has 2 aromatic carbocycles. The van der Waals surface area contributed by atoms with Gasteiger partial charge in [-0.15, -0.1) is 0 Å². The SMILES string of the molecule is Cc1cc(F)ccc1Nc1cc(F)c(F)cc1C(=O)O. The molecule has 0 atom stereocenters. The van der Waals surface area contributed by atoms with Gasteiger partial charge in [-0.3, -0.25) is 0 Å². The normalized spacial score (nSPS) is 10.4. The first-order valence-electron chi connectivity index (χ1n) is 5.64. The third kappa shape index (κ3) is 2.74. The third-order valence-electron chi connectivity index (χ3n) is 2.75. The van der Waals surface area contributed by atoms with Crippen LogP contribution in [0.5, 0.6) is 0 Å². The van der Waals surface area contributed by atoms with E-state index in [1.807, 2.05) is 0 Å². The van der Waals surface area contributed by atoms with E-state index in [1.165, 1.54) is 18.2 Å². The van der Waals surface area contributed by atoms with Gasteiger partial charge in [0, 0.05) is 11.8 Å². The maximum atomic E-state index is 13.2. The minimum atomic E-state index is -1.40. The van der Waals surface area contributed by atoms with Crippen LogP contribution in [0.2, 0.25) is 0 Å². The van der Waals surface area contributed by atoms with Crippen molar-refractivity contribution in [2.24, 2.45) is 0 Å². The lowest BCUT2D eigenvalue weighted by atomic mass is 10.1. The number of carbonyl (C=O) groups is 1. The van der Waals surface area contributed by atoms with Crippen LogP contribution in [0.4, 0.5) is 24.5 Å². The van der Waals surface area contributed by atoms with Gasteiger partial charge in [-0.25, -0.2) is 18.0 Å². The van der Waals surface area contributed by atoms with E-state index in [4.69, 9.17) is 5.11 Å². The van der Waals surface area contributed by atoms with Gasteiger partial charge < -0.3 is 10.4 Å². The van der Waals surface area contributed by atoms with Crippen LogP contribution in [0.15, 0.2) is 30.3 Å². The van der Waals surface area contributed by atoms with Gasteiger partial charge >= 0.3 is 5.97 Å². The molecule has 0 bridgehead atoms. The standard InChI is InChI=1S/C14H10F3NO2/c1-7-4-8(15)2-3-12(7)18-13-6-11(17)10(16)5-9(13)14(19)20/h2-6,18H,1H3,(H,19,20). The zero-order chi connectivity index (χ0) is 14.9. The predicted molar refractivity (Wildman–Crippen MR) is 67.7 cm³/mol. The Morgan fingerprint density at radius 2 is 1.70 bits per heavy atom. The van der Waals surface area contributed by atoms with Gasteiger partial charge in [0.15, 0.2) is 11.6 Å². The number of hydrogen-bond acceptors (Lipinski definition) is 2. The minimum Gasteiger partial charge on any atom is -0.478 e. The summed E-state index contributed by atoms with van der Waals surface area (Å²) >= 11 is 0. The summed E-state index contributed by atoms with van der Waals surface area (Å²) in [7, 11) is 0. The first-order chi connectivity index (χ1) is 9.38. The van der Waals surface area contributed by atoms with E-state index in [0.717, 1.165) is 6.07 Å². The van der Waals surface area contributed by atoms with Crippen LogP contribution >= 0.6 is 0 Å². The molecule has 0 radical (unpaired) electrons. The van der Waals surface area contributed by atoms with Crippen molar-refractivity contribution >= 4 is 17.3 Å². The van der Waals surface area contributed by atoms with Crippen LogP contribution in [-0.4, -0.2) is 11.1 Å². The van der Waals surface area contributed by atoms with Crippen molar-refractivity contribution in [1.82, 2.24) is 0 Å². The summed E-state index contributed by atoms with van der Waals surface area (Å²) in [5, 5.41) is 11.6. The highest BCUT2D eigenvalue weighted by molar-refractivity contribution is 5.95. The summed E-state index contributed by atoms with van der Waals surface area (Å²) in [6, 6.07) is 5.15. The Labute approximate surface area is 112 Å². The molecule has 0 aliphatic rings. The van der Waals surface area contributed by atoms with Crippen molar-refractivity contribution in [3.05, 3.63) is 58.9 Å². The summed E-state index contributed by atoms with van der Waals surface area (Å²) in [6.07, 6.45) is 0. The van der Waals surface area contributed by atoms with Crippen LogP contribution in [0.3, 0.4) is 0 Å². The smallest absolute Gasteiger partial charge is 0.337 e. The molecule has 0 spiro atoms. The second-order valence-electron chi connectivity index (χ2n) is 4.20. The molecule has 6 heteroatoms. The molecular weight excluding hydrogens is 271 g/mol. The van der Waals surface area contributed by atoms with Crippen LogP contribution in [0.25, 0.3) is 0 Å². The van der Waals surface area contributed by atoms with Crippen LogP contribution < -0.4 is 5.32 Å². The number of nitrogens with one attached hydrogen (secondary N) is 1. The first kappa shape index (κ1) is 13.9. The summed E-state index contributed by atoms with van der Waals surface area (Å²) in [5.41, 5.74) is 0.393. The summed E-state index contributed by atoms with van der Waals surface area (Å²) in [4.78, 5) is 11.0. The van der Waals surface area contributed by atoms with E-state index in [-0.39, 0.29) is 5.69 Å². The molecule has 104 valence electrons. The van der Waals surface area contributed by atoms with Gasteiger partial charge in [-0.1, -0.05) is 0 Å². The van der Waals surface area contributed by atoms with E-state index < -0.39 is 29.0 Å². The van der Waals surface area contributed by atoms with E-state index in [9.17, 15) is 18.0 Å². The maximum Gasteiger partial charge on any atom is 0.337 e. The van der Waals surface area contributed by atoms with Crippen molar-refractivity contribution in [3.8, 4) is 0 Å². The Morgan fingerprint density at radius 3 is 2.30 bits per heavy atom. The largest absolute Gasteiger partial charge is 0.478 e. The van der Waals surface area contributed by atoms with Crippen molar-refractivity contribution in [2.75, 3.05) is 5.32 Å². The lowest BCUT2D eigenvalue weighted by molar-refractivity contribution is 0.0697. The number of aromatic carboxylic acids is 1. The number of carboxylic acids is 1. The average molecular weight is 281 g/mol. The zero-order valence-electron chi connectivity index (χ0n) is 10.4. The highest BCUT2D eigenvalue weighted by Gasteiger charge is 2.16. The summed E-state index contributed by atoms with van der Waals surface area (Å²) in [6.45, 7) is 1.60. The van der Waals surface area contributed by atoms with Crippen molar-refractivity contribution in [3.63, 3.8) is 0 Å². The molecule has 0 aliphatic carbocycles. The molecule has 0 fully saturated rings. The first-order valence-corrected chi connectivity index (χ1v) is 5.64. The Balaban J connectivity index is 2.47.